The molecule has 3 atom stereocenters. The van der Waals surface area contributed by atoms with E-state index in [9.17, 15) is 29.1 Å². The number of rotatable bonds is 10. The molecule has 1 fully saturated rings. The van der Waals surface area contributed by atoms with Gasteiger partial charge in [-0.2, -0.15) is 0 Å². The summed E-state index contributed by atoms with van der Waals surface area (Å²) < 4.78 is 0. The molecule has 152 valence electrons. The third kappa shape index (κ3) is 6.49. The van der Waals surface area contributed by atoms with Crippen LogP contribution >= 0.6 is 0 Å². The number of amides is 3. The van der Waals surface area contributed by atoms with Gasteiger partial charge in [0.15, 0.2) is 0 Å². The van der Waals surface area contributed by atoms with Crippen molar-refractivity contribution in [2.45, 2.75) is 43.8 Å². The predicted molar refractivity (Wildman–Crippen MR) is 89.2 cm³/mol. The zero-order chi connectivity index (χ0) is 20.6. The summed E-state index contributed by atoms with van der Waals surface area (Å²) in [4.78, 5) is 59.3. The van der Waals surface area contributed by atoms with Crippen molar-refractivity contribution < 1.29 is 39.3 Å². The second-order valence-electron chi connectivity index (χ2n) is 6.03. The van der Waals surface area contributed by atoms with Gasteiger partial charge in [-0.3, -0.25) is 19.2 Å². The smallest absolute Gasteiger partial charge is 0.326 e. The number of carbonyl (C=O) groups excluding carboxylic acids is 3. The summed E-state index contributed by atoms with van der Waals surface area (Å²) in [7, 11) is 0. The molecule has 1 aliphatic heterocycles. The van der Waals surface area contributed by atoms with Gasteiger partial charge in [-0.05, 0) is 19.3 Å². The van der Waals surface area contributed by atoms with Gasteiger partial charge in [0, 0.05) is 13.0 Å². The third-order valence-corrected chi connectivity index (χ3v) is 4.10. The van der Waals surface area contributed by atoms with Crippen molar-refractivity contribution in [3.63, 3.8) is 0 Å². The first kappa shape index (κ1) is 22.3. The SMILES string of the molecule is NCC(=O)NC(CCC(=O)O)C(=O)NC(CO)C(=O)N1CCCC1C(=O)O. The lowest BCUT2D eigenvalue weighted by Crippen LogP contribution is -2.57. The van der Waals surface area contributed by atoms with E-state index in [0.29, 0.717) is 6.42 Å². The molecular weight excluding hydrogens is 364 g/mol. The van der Waals surface area contributed by atoms with Crippen LogP contribution in [0.5, 0.6) is 0 Å². The molecule has 0 spiro atoms. The molecule has 7 N–H and O–H groups in total. The summed E-state index contributed by atoms with van der Waals surface area (Å²) in [5, 5.41) is 31.8. The molecule has 1 saturated heterocycles. The number of likely N-dealkylation sites (tertiary alicyclic amines) is 1. The molecular formula is C15H24N4O8. The third-order valence-electron chi connectivity index (χ3n) is 4.10. The second-order valence-corrected chi connectivity index (χ2v) is 6.03. The Kier molecular flexibility index (Phi) is 8.62. The first-order valence-electron chi connectivity index (χ1n) is 8.37. The molecule has 0 aromatic carbocycles. The standard InChI is InChI=1S/C15H24N4O8/c16-6-11(21)17-8(3-4-12(22)23)13(24)18-9(7-20)14(25)19-5-1-2-10(19)15(26)27/h8-10,20H,1-7,16H2,(H,17,21)(H,18,24)(H,22,23)(H,26,27). The van der Waals surface area contributed by atoms with E-state index < -0.39 is 67.4 Å². The van der Waals surface area contributed by atoms with Crippen LogP contribution in [-0.2, 0) is 24.0 Å². The molecule has 1 heterocycles. The number of aliphatic hydroxyl groups is 1. The van der Waals surface area contributed by atoms with E-state index in [-0.39, 0.29) is 19.4 Å². The molecule has 0 aliphatic carbocycles. The second kappa shape index (κ2) is 10.4. The van der Waals surface area contributed by atoms with Crippen LogP contribution in [0.15, 0.2) is 0 Å². The maximum Gasteiger partial charge on any atom is 0.326 e. The average molecular weight is 388 g/mol. The first-order chi connectivity index (χ1) is 12.7. The number of nitrogens with zero attached hydrogens (tertiary/aromatic N) is 1. The van der Waals surface area contributed by atoms with Gasteiger partial charge in [0.25, 0.3) is 0 Å². The molecule has 0 aromatic heterocycles. The molecule has 0 bridgehead atoms. The minimum atomic E-state index is -1.42. The van der Waals surface area contributed by atoms with Crippen molar-refractivity contribution >= 4 is 29.7 Å². The molecule has 0 saturated carbocycles. The Morgan fingerprint density at radius 1 is 1.11 bits per heavy atom. The fourth-order valence-corrected chi connectivity index (χ4v) is 2.74. The van der Waals surface area contributed by atoms with Gasteiger partial charge in [0.1, 0.15) is 18.1 Å². The number of carboxylic acid groups (broad SMARTS) is 2. The molecule has 1 rings (SSSR count). The number of hydrogen-bond acceptors (Lipinski definition) is 7. The largest absolute Gasteiger partial charge is 0.481 e. The molecule has 12 heteroatoms. The van der Waals surface area contributed by atoms with Gasteiger partial charge in [-0.15, -0.1) is 0 Å². The Morgan fingerprint density at radius 3 is 2.30 bits per heavy atom. The van der Waals surface area contributed by atoms with Gasteiger partial charge in [0.05, 0.1) is 13.2 Å². The Morgan fingerprint density at radius 2 is 1.78 bits per heavy atom. The number of aliphatic hydroxyl groups excluding tert-OH is 1. The lowest BCUT2D eigenvalue weighted by atomic mass is 10.1. The van der Waals surface area contributed by atoms with Gasteiger partial charge in [0.2, 0.25) is 17.7 Å². The Bertz CT molecular complexity index is 596. The van der Waals surface area contributed by atoms with Gasteiger partial charge >= 0.3 is 11.9 Å². The van der Waals surface area contributed by atoms with Gasteiger partial charge in [-0.25, -0.2) is 4.79 Å². The molecule has 27 heavy (non-hydrogen) atoms. The van der Waals surface area contributed by atoms with Crippen LogP contribution in [0.4, 0.5) is 0 Å². The van der Waals surface area contributed by atoms with Crippen LogP contribution in [0.2, 0.25) is 0 Å². The summed E-state index contributed by atoms with van der Waals surface area (Å²) in [6.45, 7) is -1.04. The Balaban J connectivity index is 2.82. The zero-order valence-electron chi connectivity index (χ0n) is 14.6. The molecule has 12 nitrogen and oxygen atoms in total. The van der Waals surface area contributed by atoms with Crippen molar-refractivity contribution in [3.05, 3.63) is 0 Å². The lowest BCUT2D eigenvalue weighted by molar-refractivity contribution is -0.150. The lowest BCUT2D eigenvalue weighted by Gasteiger charge is -2.27. The molecule has 3 amide bonds. The summed E-state index contributed by atoms with van der Waals surface area (Å²) >= 11 is 0. The van der Waals surface area contributed by atoms with Crippen molar-refractivity contribution in [2.24, 2.45) is 5.73 Å². The fourth-order valence-electron chi connectivity index (χ4n) is 2.74. The van der Waals surface area contributed by atoms with Crippen molar-refractivity contribution in [1.29, 1.82) is 0 Å². The summed E-state index contributed by atoms with van der Waals surface area (Å²) in [6, 6.07) is -3.73. The predicted octanol–water partition coefficient (Wildman–Crippen LogP) is -3.15. The van der Waals surface area contributed by atoms with Crippen molar-refractivity contribution in [2.75, 3.05) is 19.7 Å². The summed E-state index contributed by atoms with van der Waals surface area (Å²) in [5.41, 5.74) is 5.16. The van der Waals surface area contributed by atoms with Crippen LogP contribution in [-0.4, -0.2) is 87.7 Å². The minimum Gasteiger partial charge on any atom is -0.481 e. The monoisotopic (exact) mass is 388 g/mol. The molecule has 0 radical (unpaired) electrons. The summed E-state index contributed by atoms with van der Waals surface area (Å²) in [6.07, 6.45) is 0.0676. The van der Waals surface area contributed by atoms with Crippen LogP contribution in [0.25, 0.3) is 0 Å². The number of hydrogen-bond donors (Lipinski definition) is 6. The normalized spacial score (nSPS) is 18.4. The number of aliphatic carboxylic acids is 2. The minimum absolute atomic E-state index is 0.175. The van der Waals surface area contributed by atoms with Gasteiger partial charge < -0.3 is 36.6 Å². The number of nitrogens with one attached hydrogen (secondary N) is 2. The van der Waals surface area contributed by atoms with Gasteiger partial charge in [-0.1, -0.05) is 0 Å². The first-order valence-corrected chi connectivity index (χ1v) is 8.37. The van der Waals surface area contributed by atoms with E-state index >= 15 is 0 Å². The van der Waals surface area contributed by atoms with E-state index in [1.165, 1.54) is 0 Å². The highest BCUT2D eigenvalue weighted by Gasteiger charge is 2.38. The molecule has 3 unspecified atom stereocenters. The van der Waals surface area contributed by atoms with E-state index in [4.69, 9.17) is 15.9 Å². The number of carbonyl (C=O) groups is 5. The van der Waals surface area contributed by atoms with Crippen molar-refractivity contribution in [3.8, 4) is 0 Å². The highest BCUT2D eigenvalue weighted by molar-refractivity contribution is 5.94. The average Bonchev–Trinajstić information content (AvgIpc) is 3.11. The van der Waals surface area contributed by atoms with E-state index in [2.05, 4.69) is 10.6 Å². The number of carboxylic acids is 2. The quantitative estimate of drug-likeness (QED) is 0.223. The van der Waals surface area contributed by atoms with E-state index in [0.717, 1.165) is 4.90 Å². The Hall–Kier alpha value is -2.73. The topological polar surface area (TPSA) is 199 Å². The van der Waals surface area contributed by atoms with Crippen LogP contribution in [0.3, 0.4) is 0 Å². The van der Waals surface area contributed by atoms with Crippen molar-refractivity contribution in [1.82, 2.24) is 15.5 Å². The number of nitrogens with two attached hydrogens (primary N) is 1. The van der Waals surface area contributed by atoms with Crippen LogP contribution < -0.4 is 16.4 Å². The highest BCUT2D eigenvalue weighted by atomic mass is 16.4. The van der Waals surface area contributed by atoms with Crippen LogP contribution in [0, 0.1) is 0 Å². The maximum absolute atomic E-state index is 12.5. The molecule has 1 aliphatic rings. The van der Waals surface area contributed by atoms with E-state index in [1.54, 1.807) is 0 Å². The highest BCUT2D eigenvalue weighted by Crippen LogP contribution is 2.18. The molecule has 0 aromatic rings. The maximum atomic E-state index is 12.5. The Labute approximate surface area is 154 Å². The fraction of sp³-hybridized carbons (Fsp3) is 0.667. The van der Waals surface area contributed by atoms with E-state index in [1.807, 2.05) is 0 Å². The zero-order valence-corrected chi connectivity index (χ0v) is 14.6. The summed E-state index contributed by atoms with van der Waals surface area (Å²) in [5.74, 6) is -4.71. The van der Waals surface area contributed by atoms with Crippen LogP contribution in [0.1, 0.15) is 25.7 Å².